The molecule has 8 nitrogen and oxygen atoms in total. The quantitative estimate of drug-likeness (QED) is 0.553. The summed E-state index contributed by atoms with van der Waals surface area (Å²) in [5, 5.41) is 0. The molecule has 2 aromatic rings. The van der Waals surface area contributed by atoms with Crippen molar-refractivity contribution in [1.29, 1.82) is 0 Å². The molecule has 0 N–H and O–H groups in total. The van der Waals surface area contributed by atoms with Crippen molar-refractivity contribution < 1.29 is 14.3 Å². The second-order valence-corrected chi connectivity index (χ2v) is 12.1. The van der Waals surface area contributed by atoms with Crippen molar-refractivity contribution >= 4 is 11.8 Å². The first-order valence-electron chi connectivity index (χ1n) is 14.9. The van der Waals surface area contributed by atoms with Crippen LogP contribution in [0.25, 0.3) is 0 Å². The largest absolute Gasteiger partial charge is 0.381 e. The molecule has 0 saturated carbocycles. The lowest BCUT2D eigenvalue weighted by Crippen LogP contribution is -2.48. The van der Waals surface area contributed by atoms with E-state index < -0.39 is 0 Å². The van der Waals surface area contributed by atoms with Crippen LogP contribution in [0.4, 0.5) is 0 Å². The second-order valence-electron chi connectivity index (χ2n) is 12.1. The van der Waals surface area contributed by atoms with Crippen LogP contribution in [-0.2, 0) is 14.9 Å². The minimum Gasteiger partial charge on any atom is -0.381 e. The number of piperidine rings is 1. The summed E-state index contributed by atoms with van der Waals surface area (Å²) < 4.78 is 5.48. The average molecular weight is 544 g/mol. The Balaban J connectivity index is 1.09. The third-order valence-electron chi connectivity index (χ3n) is 9.74. The maximum atomic E-state index is 13.3. The van der Waals surface area contributed by atoms with E-state index in [4.69, 9.17) is 4.74 Å². The number of aryl methyl sites for hydroxylation is 2. The third-order valence-corrected chi connectivity index (χ3v) is 9.74. The first-order chi connectivity index (χ1) is 19.4. The highest BCUT2D eigenvalue weighted by Crippen LogP contribution is 2.40. The molecule has 4 aliphatic rings. The second kappa shape index (κ2) is 11.3. The van der Waals surface area contributed by atoms with E-state index in [1.54, 1.807) is 0 Å². The van der Waals surface area contributed by atoms with Gasteiger partial charge >= 0.3 is 0 Å². The number of hydrogen-bond acceptors (Lipinski definition) is 6. The average Bonchev–Trinajstić information content (AvgIpc) is 3.56. The van der Waals surface area contributed by atoms with Crippen molar-refractivity contribution in [3.05, 3.63) is 70.9 Å². The number of amides is 2. The molecule has 212 valence electrons. The molecule has 1 unspecified atom stereocenters. The number of rotatable bonds is 6. The maximum absolute atomic E-state index is 13.3. The number of aromatic nitrogens is 2. The van der Waals surface area contributed by atoms with E-state index in [9.17, 15) is 9.59 Å². The van der Waals surface area contributed by atoms with Gasteiger partial charge in [0.2, 0.25) is 5.91 Å². The van der Waals surface area contributed by atoms with Gasteiger partial charge in [-0.25, -0.2) is 9.97 Å². The highest BCUT2D eigenvalue weighted by atomic mass is 16.5. The molecule has 0 radical (unpaired) electrons. The monoisotopic (exact) mass is 543 g/mol. The summed E-state index contributed by atoms with van der Waals surface area (Å²) in [6.45, 7) is 10.2. The molecule has 2 amide bonds. The fourth-order valence-electron chi connectivity index (χ4n) is 7.25. The fourth-order valence-corrected chi connectivity index (χ4v) is 7.25. The van der Waals surface area contributed by atoms with Gasteiger partial charge in [0, 0.05) is 75.9 Å². The zero-order valence-corrected chi connectivity index (χ0v) is 23.8. The number of carbonyl (C=O) groups is 2. The predicted octanol–water partition coefficient (Wildman–Crippen LogP) is 3.74. The molecule has 0 spiro atoms. The molecule has 1 aromatic carbocycles. The van der Waals surface area contributed by atoms with E-state index in [0.717, 1.165) is 76.2 Å². The molecule has 1 aromatic heterocycles. The molecule has 6 rings (SSSR count). The Bertz CT molecular complexity index is 1240. The van der Waals surface area contributed by atoms with Crippen LogP contribution >= 0.6 is 0 Å². The molecule has 3 fully saturated rings. The first kappa shape index (κ1) is 26.9. The highest BCUT2D eigenvalue weighted by Gasteiger charge is 2.41. The third kappa shape index (κ3) is 5.26. The zero-order valence-electron chi connectivity index (χ0n) is 23.8. The van der Waals surface area contributed by atoms with Crippen LogP contribution in [0.1, 0.15) is 59.4 Å². The van der Waals surface area contributed by atoms with Crippen molar-refractivity contribution in [2.24, 2.45) is 11.8 Å². The molecule has 40 heavy (non-hydrogen) atoms. The van der Waals surface area contributed by atoms with Crippen LogP contribution in [0.5, 0.6) is 0 Å². The summed E-state index contributed by atoms with van der Waals surface area (Å²) in [4.78, 5) is 41.5. The van der Waals surface area contributed by atoms with Gasteiger partial charge in [0.05, 0.1) is 17.0 Å². The Morgan fingerprint density at radius 2 is 1.68 bits per heavy atom. The zero-order chi connectivity index (χ0) is 27.7. The Hall–Kier alpha value is -3.26. The lowest BCUT2D eigenvalue weighted by atomic mass is 9.70. The number of carbonyl (C=O) groups excluding carboxylic acids is 2. The van der Waals surface area contributed by atoms with Gasteiger partial charge in [-0.05, 0) is 57.1 Å². The van der Waals surface area contributed by atoms with Gasteiger partial charge in [-0.1, -0.05) is 30.3 Å². The summed E-state index contributed by atoms with van der Waals surface area (Å²) in [6, 6.07) is 10.9. The van der Waals surface area contributed by atoms with E-state index in [0.29, 0.717) is 37.1 Å². The van der Waals surface area contributed by atoms with Crippen LogP contribution in [-0.4, -0.2) is 89.0 Å². The summed E-state index contributed by atoms with van der Waals surface area (Å²) in [7, 11) is 0. The summed E-state index contributed by atoms with van der Waals surface area (Å²) in [5.74, 6) is 0.888. The Kier molecular flexibility index (Phi) is 7.62. The van der Waals surface area contributed by atoms with Gasteiger partial charge in [-0.3, -0.25) is 9.59 Å². The normalized spacial score (nSPS) is 22.8. The Morgan fingerprint density at radius 1 is 0.975 bits per heavy atom. The number of nitrogens with zero attached hydrogens (tertiary/aromatic N) is 5. The van der Waals surface area contributed by atoms with Crippen molar-refractivity contribution in [2.45, 2.75) is 51.4 Å². The van der Waals surface area contributed by atoms with Crippen LogP contribution in [0.15, 0.2) is 48.4 Å². The van der Waals surface area contributed by atoms with Crippen molar-refractivity contribution in [3.8, 4) is 0 Å². The van der Waals surface area contributed by atoms with Gasteiger partial charge < -0.3 is 19.4 Å². The minimum absolute atomic E-state index is 0.0440. The van der Waals surface area contributed by atoms with E-state index >= 15 is 0 Å². The van der Waals surface area contributed by atoms with E-state index in [-0.39, 0.29) is 17.2 Å². The lowest BCUT2D eigenvalue weighted by Gasteiger charge is -2.44. The lowest BCUT2D eigenvalue weighted by molar-refractivity contribution is -0.140. The molecule has 0 aliphatic carbocycles. The van der Waals surface area contributed by atoms with Crippen LogP contribution in [0.2, 0.25) is 0 Å². The van der Waals surface area contributed by atoms with Crippen molar-refractivity contribution in [1.82, 2.24) is 24.7 Å². The number of hydrogen-bond donors (Lipinski definition) is 0. The molecular weight excluding hydrogens is 502 g/mol. The highest BCUT2D eigenvalue weighted by molar-refractivity contribution is 5.96. The number of ether oxygens (including phenoxy) is 1. The predicted molar refractivity (Wildman–Crippen MR) is 153 cm³/mol. The fraction of sp³-hybridized carbons (Fsp3) is 0.562. The molecule has 8 heteroatoms. The summed E-state index contributed by atoms with van der Waals surface area (Å²) in [6.07, 6.45) is 8.60. The molecule has 5 heterocycles. The molecule has 0 bridgehead atoms. The van der Waals surface area contributed by atoms with Crippen LogP contribution in [0.3, 0.4) is 0 Å². The Morgan fingerprint density at radius 3 is 2.35 bits per heavy atom. The van der Waals surface area contributed by atoms with E-state index in [1.165, 1.54) is 17.5 Å². The van der Waals surface area contributed by atoms with Gasteiger partial charge in [0.1, 0.15) is 6.33 Å². The molecule has 1 atom stereocenters. The minimum atomic E-state index is 0.0440. The summed E-state index contributed by atoms with van der Waals surface area (Å²) in [5.41, 5.74) is 4.97. The van der Waals surface area contributed by atoms with Gasteiger partial charge in [-0.2, -0.15) is 0 Å². The summed E-state index contributed by atoms with van der Waals surface area (Å²) >= 11 is 0. The first-order valence-corrected chi connectivity index (χ1v) is 14.9. The van der Waals surface area contributed by atoms with Gasteiger partial charge in [-0.15, -0.1) is 0 Å². The number of benzene rings is 1. The molecule has 3 saturated heterocycles. The van der Waals surface area contributed by atoms with Crippen molar-refractivity contribution in [3.63, 3.8) is 0 Å². The molecule has 4 aliphatic heterocycles. The smallest absolute Gasteiger partial charge is 0.257 e. The molecular formula is C32H41N5O3. The van der Waals surface area contributed by atoms with Gasteiger partial charge in [0.25, 0.3) is 5.91 Å². The van der Waals surface area contributed by atoms with E-state index in [2.05, 4.69) is 56.3 Å². The van der Waals surface area contributed by atoms with E-state index in [1.807, 2.05) is 18.7 Å². The standard InChI is InChI=1S/C32H41N5O3/c1-23-29(24(2)34-22-33-23)31(39)37-20-26-18-35(19-27(26)21-37)13-10-32(28-6-4-3-5-7-28)11-14-36(15-12-32)30(38)25-8-16-40-17-9-25/h3-7,18,22,25,27H,8-17,19-21H2,1-2H3. The Labute approximate surface area is 237 Å². The SMILES string of the molecule is Cc1ncnc(C)c1C(=O)N1CC2=CN(CCC3(c4ccccc4)CCN(C(=O)C4CCOCC4)CC3)CC2C1. The maximum Gasteiger partial charge on any atom is 0.257 e. The van der Waals surface area contributed by atoms with Crippen molar-refractivity contribution in [2.75, 3.05) is 52.5 Å². The number of fused-ring (bicyclic) bond motifs is 1. The number of likely N-dealkylation sites (tertiary alicyclic amines) is 2. The topological polar surface area (TPSA) is 78.9 Å². The van der Waals surface area contributed by atoms with Gasteiger partial charge in [0.15, 0.2) is 0 Å². The van der Waals surface area contributed by atoms with Crippen LogP contribution < -0.4 is 0 Å². The van der Waals surface area contributed by atoms with Crippen LogP contribution in [0, 0.1) is 25.7 Å².